The summed E-state index contributed by atoms with van der Waals surface area (Å²) >= 11 is 0. The predicted octanol–water partition coefficient (Wildman–Crippen LogP) is 6.47. The highest BCUT2D eigenvalue weighted by Gasteiger charge is 2.52. The highest BCUT2D eigenvalue weighted by Crippen LogP contribution is 2.60. The van der Waals surface area contributed by atoms with E-state index in [4.69, 9.17) is 19.6 Å². The third-order valence-electron chi connectivity index (χ3n) is 6.21. The Balaban J connectivity index is 1.70. The molecule has 0 aliphatic carbocycles. The number of para-hydroxylation sites is 3. The van der Waals surface area contributed by atoms with Gasteiger partial charge >= 0.3 is 0 Å². The molecule has 0 amide bonds. The van der Waals surface area contributed by atoms with Gasteiger partial charge in [-0.1, -0.05) is 48.5 Å². The van der Waals surface area contributed by atoms with Gasteiger partial charge in [-0.25, -0.2) is 0 Å². The number of furan rings is 1. The Morgan fingerprint density at radius 3 is 2.35 bits per heavy atom. The number of anilines is 1. The maximum atomic E-state index is 6.97. The van der Waals surface area contributed by atoms with E-state index < -0.39 is 5.60 Å². The third kappa shape index (κ3) is 2.04. The Morgan fingerprint density at radius 2 is 1.42 bits per heavy atom. The van der Waals surface area contributed by atoms with Crippen molar-refractivity contribution in [3.8, 4) is 28.6 Å². The maximum absolute atomic E-state index is 6.97. The minimum absolute atomic E-state index is 0.641. The second-order valence-electron chi connectivity index (χ2n) is 7.94. The summed E-state index contributed by atoms with van der Waals surface area (Å²) < 4.78 is 19.7. The van der Waals surface area contributed by atoms with E-state index in [0.29, 0.717) is 11.4 Å². The fourth-order valence-corrected chi connectivity index (χ4v) is 4.95. The molecule has 31 heavy (non-hydrogen) atoms. The first-order valence-corrected chi connectivity index (χ1v) is 10.2. The lowest BCUT2D eigenvalue weighted by Gasteiger charge is -2.43. The van der Waals surface area contributed by atoms with Gasteiger partial charge in [-0.05, 0) is 36.4 Å². The molecule has 2 aliphatic heterocycles. The van der Waals surface area contributed by atoms with Crippen LogP contribution in [0.3, 0.4) is 0 Å². The normalized spacial score (nSPS) is 17.8. The van der Waals surface area contributed by atoms with Crippen LogP contribution in [0.4, 0.5) is 5.69 Å². The van der Waals surface area contributed by atoms with Crippen molar-refractivity contribution in [3.05, 3.63) is 108 Å². The zero-order valence-corrected chi connectivity index (χ0v) is 16.5. The molecule has 1 unspecified atom stereocenters. The minimum atomic E-state index is -0.922. The average molecular weight is 403 g/mol. The van der Waals surface area contributed by atoms with Crippen LogP contribution < -0.4 is 15.2 Å². The van der Waals surface area contributed by atoms with Crippen molar-refractivity contribution in [1.82, 2.24) is 0 Å². The van der Waals surface area contributed by atoms with Gasteiger partial charge in [0, 0.05) is 28.3 Å². The maximum Gasteiger partial charge on any atom is 0.196 e. The van der Waals surface area contributed by atoms with E-state index in [-0.39, 0.29) is 0 Å². The first-order chi connectivity index (χ1) is 15.3. The third-order valence-corrected chi connectivity index (χ3v) is 6.21. The van der Waals surface area contributed by atoms with Gasteiger partial charge in [-0.2, -0.15) is 0 Å². The van der Waals surface area contributed by atoms with Crippen LogP contribution in [0, 0.1) is 0 Å². The zero-order chi connectivity index (χ0) is 20.6. The topological polar surface area (TPSA) is 57.6 Å². The van der Waals surface area contributed by atoms with Crippen molar-refractivity contribution in [2.75, 3.05) is 5.73 Å². The molecule has 4 nitrogen and oxygen atoms in total. The van der Waals surface area contributed by atoms with Gasteiger partial charge in [0.25, 0.3) is 0 Å². The minimum Gasteiger partial charge on any atom is -0.472 e. The summed E-state index contributed by atoms with van der Waals surface area (Å²) in [5, 5.41) is 1.02. The Labute approximate surface area is 178 Å². The summed E-state index contributed by atoms with van der Waals surface area (Å²) in [6.45, 7) is 0. The van der Waals surface area contributed by atoms with E-state index in [1.807, 2.05) is 78.9 Å². The van der Waals surface area contributed by atoms with Crippen LogP contribution >= 0.6 is 0 Å². The molecular weight excluding hydrogens is 386 g/mol. The molecular formula is C27H17NO3. The summed E-state index contributed by atoms with van der Waals surface area (Å²) in [7, 11) is 0. The molecule has 1 aromatic heterocycles. The standard InChI is InChI=1S/C27H17NO3/c28-16-13-14-20-24(15-16)29-23-12-6-3-9-19(23)27(20)25-17-7-1-4-10-21(17)30-26(25)18-8-2-5-11-22(18)31-27/h1-15H,28H2. The van der Waals surface area contributed by atoms with Crippen molar-refractivity contribution >= 4 is 16.7 Å². The van der Waals surface area contributed by atoms with E-state index in [1.165, 1.54) is 0 Å². The second kappa shape index (κ2) is 5.70. The number of nitrogen functional groups attached to an aromatic ring is 1. The smallest absolute Gasteiger partial charge is 0.196 e. The first-order valence-electron chi connectivity index (χ1n) is 10.2. The summed E-state index contributed by atoms with van der Waals surface area (Å²) in [5.74, 6) is 3.03. The molecule has 1 spiro atoms. The highest BCUT2D eigenvalue weighted by atomic mass is 16.5. The van der Waals surface area contributed by atoms with Gasteiger partial charge in [0.2, 0.25) is 0 Å². The molecule has 0 saturated heterocycles. The fraction of sp³-hybridized carbons (Fsp3) is 0.0370. The lowest BCUT2D eigenvalue weighted by molar-refractivity contribution is 0.137. The molecule has 7 rings (SSSR count). The Morgan fingerprint density at radius 1 is 0.677 bits per heavy atom. The number of hydrogen-bond acceptors (Lipinski definition) is 4. The van der Waals surface area contributed by atoms with Crippen LogP contribution in [-0.2, 0) is 5.60 Å². The summed E-state index contributed by atoms with van der Waals surface area (Å²) in [6.07, 6.45) is 0. The Hall–Kier alpha value is -4.18. The van der Waals surface area contributed by atoms with Gasteiger partial charge in [-0.15, -0.1) is 0 Å². The number of hydrogen-bond donors (Lipinski definition) is 1. The van der Waals surface area contributed by atoms with Crippen molar-refractivity contribution in [1.29, 1.82) is 0 Å². The largest absolute Gasteiger partial charge is 0.472 e. The number of nitrogens with two attached hydrogens (primary N) is 1. The molecule has 0 fully saturated rings. The molecule has 4 aromatic carbocycles. The average Bonchev–Trinajstić information content (AvgIpc) is 3.20. The van der Waals surface area contributed by atoms with Gasteiger partial charge in [0.1, 0.15) is 28.6 Å². The molecule has 0 radical (unpaired) electrons. The van der Waals surface area contributed by atoms with Gasteiger partial charge in [-0.3, -0.25) is 0 Å². The van der Waals surface area contributed by atoms with E-state index in [1.54, 1.807) is 0 Å². The number of fused-ring (bicyclic) bond motifs is 10. The van der Waals surface area contributed by atoms with Gasteiger partial charge in [0.05, 0.1) is 11.1 Å². The molecule has 2 aliphatic rings. The van der Waals surface area contributed by atoms with Crippen LogP contribution in [0.2, 0.25) is 0 Å². The summed E-state index contributed by atoms with van der Waals surface area (Å²) in [5.41, 5.74) is 10.4. The molecule has 5 aromatic rings. The zero-order valence-electron chi connectivity index (χ0n) is 16.5. The SMILES string of the molecule is Nc1ccc2c(c1)Oc1ccccc1C21Oc2ccccc2-c2oc3ccccc3c21. The van der Waals surface area contributed by atoms with E-state index in [0.717, 1.165) is 50.5 Å². The number of rotatable bonds is 0. The molecule has 0 saturated carbocycles. The van der Waals surface area contributed by atoms with Gasteiger partial charge < -0.3 is 19.6 Å². The second-order valence-corrected chi connectivity index (χ2v) is 7.94. The molecule has 2 N–H and O–H groups in total. The van der Waals surface area contributed by atoms with E-state index in [2.05, 4.69) is 12.1 Å². The number of ether oxygens (including phenoxy) is 2. The quantitative estimate of drug-likeness (QED) is 0.301. The molecule has 1 atom stereocenters. The molecule has 4 heteroatoms. The Kier molecular flexibility index (Phi) is 3.05. The summed E-state index contributed by atoms with van der Waals surface area (Å²) in [4.78, 5) is 0. The highest BCUT2D eigenvalue weighted by molar-refractivity contribution is 5.94. The molecule has 0 bridgehead atoms. The molecule has 3 heterocycles. The number of benzene rings is 4. The Bertz CT molecular complexity index is 1520. The lowest BCUT2D eigenvalue weighted by Crippen LogP contribution is -2.40. The van der Waals surface area contributed by atoms with E-state index in [9.17, 15) is 0 Å². The van der Waals surface area contributed by atoms with Crippen LogP contribution in [0.25, 0.3) is 22.3 Å². The van der Waals surface area contributed by atoms with E-state index >= 15 is 0 Å². The molecule has 148 valence electrons. The van der Waals surface area contributed by atoms with Crippen LogP contribution in [0.1, 0.15) is 16.7 Å². The first kappa shape index (κ1) is 16.6. The monoisotopic (exact) mass is 403 g/mol. The van der Waals surface area contributed by atoms with Crippen molar-refractivity contribution < 1.29 is 13.9 Å². The lowest BCUT2D eigenvalue weighted by atomic mass is 9.74. The predicted molar refractivity (Wildman–Crippen MR) is 120 cm³/mol. The van der Waals surface area contributed by atoms with Crippen LogP contribution in [0.5, 0.6) is 17.2 Å². The van der Waals surface area contributed by atoms with Crippen LogP contribution in [0.15, 0.2) is 95.4 Å². The van der Waals surface area contributed by atoms with Gasteiger partial charge in [0.15, 0.2) is 5.60 Å². The van der Waals surface area contributed by atoms with Crippen molar-refractivity contribution in [3.63, 3.8) is 0 Å². The van der Waals surface area contributed by atoms with Crippen molar-refractivity contribution in [2.24, 2.45) is 0 Å². The van der Waals surface area contributed by atoms with Crippen molar-refractivity contribution in [2.45, 2.75) is 5.60 Å². The fourth-order valence-electron chi connectivity index (χ4n) is 4.95. The summed E-state index contributed by atoms with van der Waals surface area (Å²) in [6, 6.07) is 29.9. The van der Waals surface area contributed by atoms with Crippen LogP contribution in [-0.4, -0.2) is 0 Å².